The fourth-order valence-corrected chi connectivity index (χ4v) is 1.47. The molecule has 1 aromatic heterocycles. The zero-order valence-corrected chi connectivity index (χ0v) is 7.68. The van der Waals surface area contributed by atoms with Crippen LogP contribution in [0.3, 0.4) is 0 Å². The Balaban J connectivity index is 3.11. The van der Waals surface area contributed by atoms with Gasteiger partial charge in [0.05, 0.1) is 6.20 Å². The van der Waals surface area contributed by atoms with E-state index >= 15 is 0 Å². The van der Waals surface area contributed by atoms with Crippen molar-refractivity contribution in [3.63, 3.8) is 0 Å². The van der Waals surface area contributed by atoms with Crippen LogP contribution in [-0.4, -0.2) is 24.0 Å². The van der Waals surface area contributed by atoms with Crippen LogP contribution in [-0.2, 0) is 17.9 Å². The van der Waals surface area contributed by atoms with Gasteiger partial charge in [0.1, 0.15) is 6.29 Å². The summed E-state index contributed by atoms with van der Waals surface area (Å²) >= 11 is 0. The van der Waals surface area contributed by atoms with Crippen LogP contribution >= 0.6 is 7.60 Å². The first-order valence-corrected chi connectivity index (χ1v) is 5.11. The summed E-state index contributed by atoms with van der Waals surface area (Å²) in [7, 11) is -2.98. The van der Waals surface area contributed by atoms with Crippen molar-refractivity contribution in [3.05, 3.63) is 16.7 Å². The molecule has 0 radical (unpaired) electrons. The summed E-state index contributed by atoms with van der Waals surface area (Å²) in [6, 6.07) is 0. The van der Waals surface area contributed by atoms with Crippen molar-refractivity contribution in [3.8, 4) is 5.88 Å². The van der Waals surface area contributed by atoms with Crippen molar-refractivity contribution in [2.45, 2.75) is 6.29 Å². The second kappa shape index (κ2) is 3.02. The molecule has 0 aromatic carbocycles. The van der Waals surface area contributed by atoms with E-state index in [0.29, 0.717) is 0 Å². The molecule has 0 atom stereocenters. The van der Waals surface area contributed by atoms with Gasteiger partial charge in [0, 0.05) is 7.05 Å². The Hall–Kier alpha value is -1.04. The number of nitrogens with zero attached hydrogens (tertiary/aromatic N) is 2. The number of aromatic nitrogens is 2. The van der Waals surface area contributed by atoms with Gasteiger partial charge in [0.2, 0.25) is 5.88 Å². The Morgan fingerprint density at radius 3 is 2.38 bits per heavy atom. The van der Waals surface area contributed by atoms with Gasteiger partial charge in [-0.15, -0.1) is 0 Å². The molecule has 74 valence electrons. The highest BCUT2D eigenvalue weighted by Crippen LogP contribution is 2.36. The molecule has 0 spiro atoms. The Kier molecular flexibility index (Phi) is 2.34. The summed E-state index contributed by atoms with van der Waals surface area (Å²) in [6.07, 6.45) is 0.252. The van der Waals surface area contributed by atoms with E-state index in [1.54, 1.807) is 0 Å². The number of aromatic hydroxyl groups is 1. The molecule has 3 N–H and O–H groups in total. The molecule has 0 unspecified atom stereocenters. The van der Waals surface area contributed by atoms with Gasteiger partial charge in [-0.3, -0.25) is 13.7 Å². The molecule has 1 rings (SSSR count). The molecule has 1 aromatic rings. The molecular weight excluding hydrogens is 199 g/mol. The van der Waals surface area contributed by atoms with Crippen LogP contribution in [0.5, 0.6) is 5.88 Å². The average Bonchev–Trinajstić information content (AvgIpc) is 2.15. The van der Waals surface area contributed by atoms with E-state index in [4.69, 9.17) is 14.9 Å². The molecule has 0 aliphatic carbocycles. The second-order valence-corrected chi connectivity index (χ2v) is 4.22. The van der Waals surface area contributed by atoms with Crippen LogP contribution in [0, 0.1) is 0 Å². The van der Waals surface area contributed by atoms with Crippen molar-refractivity contribution in [1.82, 2.24) is 9.13 Å². The van der Waals surface area contributed by atoms with E-state index in [1.165, 1.54) is 7.05 Å². The van der Waals surface area contributed by atoms with Crippen LogP contribution < -0.4 is 5.69 Å². The number of hydrogen-bond acceptors (Lipinski definition) is 3. The highest BCUT2D eigenvalue weighted by molar-refractivity contribution is 7.50. The largest absolute Gasteiger partial charge is 0.493 e. The third kappa shape index (κ3) is 2.21. The van der Waals surface area contributed by atoms with Gasteiger partial charge >= 0.3 is 13.3 Å². The Morgan fingerprint density at radius 1 is 1.54 bits per heavy atom. The van der Waals surface area contributed by atoms with Crippen LogP contribution in [0.15, 0.2) is 11.0 Å². The minimum absolute atomic E-state index is 0.335. The predicted octanol–water partition coefficient (Wildman–Crippen LogP) is -0.972. The number of imidazole rings is 1. The van der Waals surface area contributed by atoms with E-state index < -0.39 is 19.6 Å². The van der Waals surface area contributed by atoms with Crippen molar-refractivity contribution in [2.75, 3.05) is 0 Å². The molecular formula is C5H9N2O5P. The lowest BCUT2D eigenvalue weighted by Crippen LogP contribution is -2.21. The fourth-order valence-electron chi connectivity index (χ4n) is 0.872. The quantitative estimate of drug-likeness (QED) is 0.542. The lowest BCUT2D eigenvalue weighted by Gasteiger charge is -2.01. The second-order valence-electron chi connectivity index (χ2n) is 2.60. The molecule has 0 saturated heterocycles. The van der Waals surface area contributed by atoms with E-state index in [-0.39, 0.29) is 5.88 Å². The highest BCUT2D eigenvalue weighted by Gasteiger charge is 2.17. The van der Waals surface area contributed by atoms with Gasteiger partial charge < -0.3 is 14.9 Å². The first-order chi connectivity index (χ1) is 5.81. The smallest absolute Gasteiger partial charge is 0.345 e. The van der Waals surface area contributed by atoms with Gasteiger partial charge in [-0.1, -0.05) is 0 Å². The van der Waals surface area contributed by atoms with Gasteiger partial charge in [-0.05, 0) is 0 Å². The van der Waals surface area contributed by atoms with Crippen LogP contribution in [0.1, 0.15) is 0 Å². The molecule has 7 nitrogen and oxygen atoms in total. The minimum Gasteiger partial charge on any atom is -0.493 e. The van der Waals surface area contributed by atoms with Gasteiger partial charge in [0.25, 0.3) is 0 Å². The summed E-state index contributed by atoms with van der Waals surface area (Å²) in [5, 5.41) is 9.01. The summed E-state index contributed by atoms with van der Waals surface area (Å²) < 4.78 is 12.2. The van der Waals surface area contributed by atoms with Crippen LogP contribution in [0.25, 0.3) is 0 Å². The molecule has 1 heterocycles. The summed E-state index contributed by atoms with van der Waals surface area (Å²) in [4.78, 5) is 28.2. The topological polar surface area (TPSA) is 105 Å². The third-order valence-corrected chi connectivity index (χ3v) is 2.16. The molecule has 0 amide bonds. The first kappa shape index (κ1) is 10.0. The van der Waals surface area contributed by atoms with Crippen molar-refractivity contribution in [2.24, 2.45) is 7.05 Å². The molecule has 0 saturated carbocycles. The van der Waals surface area contributed by atoms with E-state index in [9.17, 15) is 9.36 Å². The maximum atomic E-state index is 11.1. The predicted molar refractivity (Wildman–Crippen MR) is 43.4 cm³/mol. The molecule has 8 heteroatoms. The maximum absolute atomic E-state index is 11.1. The van der Waals surface area contributed by atoms with Crippen molar-refractivity contribution >= 4 is 7.60 Å². The summed E-state index contributed by atoms with van der Waals surface area (Å²) in [5.41, 5.74) is -0.666. The normalized spacial score (nSPS) is 11.9. The van der Waals surface area contributed by atoms with Gasteiger partial charge in [-0.2, -0.15) is 0 Å². The number of rotatable bonds is 2. The Bertz CT molecular complexity index is 413. The molecule has 0 bridgehead atoms. The number of hydrogen-bond donors (Lipinski definition) is 3. The zero-order chi connectivity index (χ0) is 10.2. The van der Waals surface area contributed by atoms with Crippen LogP contribution in [0.4, 0.5) is 0 Å². The maximum Gasteiger partial charge on any atom is 0.345 e. The van der Waals surface area contributed by atoms with Gasteiger partial charge in [0.15, 0.2) is 0 Å². The summed E-state index contributed by atoms with van der Waals surface area (Å²) in [6.45, 7) is 0. The molecule has 0 aliphatic heterocycles. The van der Waals surface area contributed by atoms with Gasteiger partial charge in [-0.25, -0.2) is 4.79 Å². The Labute approximate surface area is 73.0 Å². The third-order valence-electron chi connectivity index (χ3n) is 1.48. The molecule has 0 fully saturated rings. The fraction of sp³-hybridized carbons (Fsp3) is 0.400. The first-order valence-electron chi connectivity index (χ1n) is 3.31. The highest BCUT2D eigenvalue weighted by atomic mass is 31.2. The lowest BCUT2D eigenvalue weighted by molar-refractivity contribution is 0.361. The molecule has 13 heavy (non-hydrogen) atoms. The molecule has 0 aliphatic rings. The van der Waals surface area contributed by atoms with Crippen LogP contribution in [0.2, 0.25) is 0 Å². The SMILES string of the molecule is Cn1c(O)cn(CP(=O)(O)O)c1=O. The summed E-state index contributed by atoms with van der Waals surface area (Å²) in [5.74, 6) is -0.335. The van der Waals surface area contributed by atoms with E-state index in [1.807, 2.05) is 0 Å². The zero-order valence-electron chi connectivity index (χ0n) is 6.78. The Morgan fingerprint density at radius 2 is 2.08 bits per heavy atom. The van der Waals surface area contributed by atoms with Crippen molar-refractivity contribution in [1.29, 1.82) is 0 Å². The van der Waals surface area contributed by atoms with E-state index in [2.05, 4.69) is 0 Å². The van der Waals surface area contributed by atoms with Crippen molar-refractivity contribution < 1.29 is 19.5 Å². The standard InChI is InChI=1S/C5H9N2O5P/c1-6-4(8)2-7(5(6)9)3-13(10,11)12/h2,8H,3H2,1H3,(H2,10,11,12). The monoisotopic (exact) mass is 208 g/mol. The lowest BCUT2D eigenvalue weighted by atomic mass is 10.8. The average molecular weight is 208 g/mol. The minimum atomic E-state index is -4.28. The van der Waals surface area contributed by atoms with E-state index in [0.717, 1.165) is 15.3 Å².